The monoisotopic (exact) mass is 480 g/mol. The van der Waals surface area contributed by atoms with E-state index in [-0.39, 0.29) is 5.91 Å². The Bertz CT molecular complexity index is 1440. The predicted octanol–water partition coefficient (Wildman–Crippen LogP) is 3.80. The number of carbonyl (C=O) groups is 1. The van der Waals surface area contributed by atoms with Crippen LogP contribution in [0.5, 0.6) is 0 Å². The number of unbranched alkanes of at least 4 members (excludes halogenated alkanes) is 1. The number of aromatic nitrogens is 7. The number of rotatable bonds is 10. The molecule has 0 bridgehead atoms. The summed E-state index contributed by atoms with van der Waals surface area (Å²) in [7, 11) is 0. The van der Waals surface area contributed by atoms with Crippen molar-refractivity contribution in [1.29, 1.82) is 0 Å². The molecule has 0 aliphatic carbocycles. The average molecular weight is 481 g/mol. The molecule has 2 N–H and O–H groups in total. The number of aromatic amines is 1. The van der Waals surface area contributed by atoms with E-state index in [9.17, 15) is 4.79 Å². The molecule has 5 rings (SSSR count). The van der Waals surface area contributed by atoms with Crippen molar-refractivity contribution in [3.05, 3.63) is 101 Å². The molecular formula is C27H28N8O. The molecule has 0 saturated carbocycles. The third-order valence-electron chi connectivity index (χ3n) is 5.99. The van der Waals surface area contributed by atoms with Crippen molar-refractivity contribution in [1.82, 2.24) is 40.5 Å². The van der Waals surface area contributed by atoms with Crippen LogP contribution in [-0.2, 0) is 25.9 Å². The number of nitrogens with one attached hydrogen (secondary N) is 2. The van der Waals surface area contributed by atoms with E-state index >= 15 is 0 Å². The molecule has 9 nitrogen and oxygen atoms in total. The summed E-state index contributed by atoms with van der Waals surface area (Å²) in [6, 6.07) is 18.5. The van der Waals surface area contributed by atoms with Crippen LogP contribution >= 0.6 is 0 Å². The van der Waals surface area contributed by atoms with Gasteiger partial charge in [-0.1, -0.05) is 41.6 Å². The predicted molar refractivity (Wildman–Crippen MR) is 136 cm³/mol. The first-order valence-corrected chi connectivity index (χ1v) is 12.1. The first-order chi connectivity index (χ1) is 17.6. The highest BCUT2D eigenvalue weighted by Crippen LogP contribution is 2.17. The molecule has 0 aliphatic rings. The zero-order valence-corrected chi connectivity index (χ0v) is 20.2. The summed E-state index contributed by atoms with van der Waals surface area (Å²) >= 11 is 0. The summed E-state index contributed by atoms with van der Waals surface area (Å²) in [5, 5.41) is 20.8. The van der Waals surface area contributed by atoms with Crippen LogP contribution in [0.2, 0.25) is 0 Å². The lowest BCUT2D eigenvalue weighted by Gasteiger charge is -2.03. The normalized spacial score (nSPS) is 11.1. The summed E-state index contributed by atoms with van der Waals surface area (Å²) in [6.07, 6.45) is 6.94. The van der Waals surface area contributed by atoms with Crippen molar-refractivity contribution in [2.24, 2.45) is 0 Å². The van der Waals surface area contributed by atoms with Gasteiger partial charge >= 0.3 is 0 Å². The number of aryl methyl sites for hydroxylation is 3. The largest absolute Gasteiger partial charge is 0.346 e. The Labute approximate surface area is 209 Å². The molecule has 4 aromatic heterocycles. The lowest BCUT2D eigenvalue weighted by atomic mass is 10.1. The van der Waals surface area contributed by atoms with Gasteiger partial charge in [-0.3, -0.25) is 14.5 Å². The average Bonchev–Trinajstić information content (AvgIpc) is 3.53. The van der Waals surface area contributed by atoms with E-state index in [0.29, 0.717) is 18.8 Å². The number of hydrogen-bond acceptors (Lipinski definition) is 6. The number of pyridine rings is 1. The van der Waals surface area contributed by atoms with Crippen LogP contribution in [0, 0.1) is 6.92 Å². The van der Waals surface area contributed by atoms with Crippen LogP contribution in [0.1, 0.15) is 51.5 Å². The molecule has 182 valence electrons. The quantitative estimate of drug-likeness (QED) is 0.294. The van der Waals surface area contributed by atoms with Gasteiger partial charge in [0.1, 0.15) is 0 Å². The molecule has 1 amide bonds. The molecule has 0 saturated heterocycles. The molecular weight excluding hydrogens is 452 g/mol. The van der Waals surface area contributed by atoms with E-state index in [1.54, 1.807) is 17.1 Å². The first-order valence-electron chi connectivity index (χ1n) is 12.1. The number of hydrogen-bond donors (Lipinski definition) is 2. The van der Waals surface area contributed by atoms with Gasteiger partial charge in [0.15, 0.2) is 11.3 Å². The molecule has 4 heterocycles. The molecule has 1 aromatic carbocycles. The van der Waals surface area contributed by atoms with E-state index in [4.69, 9.17) is 0 Å². The Morgan fingerprint density at radius 2 is 1.89 bits per heavy atom. The Morgan fingerprint density at radius 1 is 1.00 bits per heavy atom. The third kappa shape index (κ3) is 5.99. The van der Waals surface area contributed by atoms with E-state index in [0.717, 1.165) is 59.4 Å². The highest BCUT2D eigenvalue weighted by molar-refractivity contribution is 5.91. The summed E-state index contributed by atoms with van der Waals surface area (Å²) < 4.78 is 1.71. The van der Waals surface area contributed by atoms with Gasteiger partial charge in [0.2, 0.25) is 0 Å². The minimum Gasteiger partial charge on any atom is -0.346 e. The smallest absolute Gasteiger partial charge is 0.273 e. The van der Waals surface area contributed by atoms with Gasteiger partial charge in [-0.15, -0.1) is 10.2 Å². The second-order valence-electron chi connectivity index (χ2n) is 8.91. The number of nitrogens with zero attached hydrogens (tertiary/aromatic N) is 6. The SMILES string of the molecule is Cc1ccc(CNC(=O)c2cn(CCCCc3cc4cc(Cc5ccccc5)[nH]c4nn3)nn2)cn1. The zero-order valence-electron chi connectivity index (χ0n) is 20.2. The topological polar surface area (TPSA) is 114 Å². The van der Waals surface area contributed by atoms with Gasteiger partial charge < -0.3 is 10.3 Å². The molecule has 36 heavy (non-hydrogen) atoms. The molecule has 0 spiro atoms. The maximum atomic E-state index is 12.4. The first kappa shape index (κ1) is 23.3. The Morgan fingerprint density at radius 3 is 2.72 bits per heavy atom. The lowest BCUT2D eigenvalue weighted by molar-refractivity contribution is 0.0945. The second-order valence-corrected chi connectivity index (χ2v) is 8.91. The highest BCUT2D eigenvalue weighted by Gasteiger charge is 2.11. The zero-order chi connectivity index (χ0) is 24.7. The van der Waals surface area contributed by atoms with Crippen molar-refractivity contribution in [2.45, 2.75) is 45.7 Å². The van der Waals surface area contributed by atoms with E-state index in [1.165, 1.54) is 5.56 Å². The Kier molecular flexibility index (Phi) is 7.07. The number of fused-ring (bicyclic) bond motifs is 1. The van der Waals surface area contributed by atoms with E-state index < -0.39 is 0 Å². The van der Waals surface area contributed by atoms with Gasteiger partial charge in [-0.2, -0.15) is 5.10 Å². The maximum absolute atomic E-state index is 12.4. The third-order valence-corrected chi connectivity index (χ3v) is 5.99. The van der Waals surface area contributed by atoms with Gasteiger partial charge in [0, 0.05) is 42.5 Å². The van der Waals surface area contributed by atoms with E-state index in [2.05, 4.69) is 72.2 Å². The summed E-state index contributed by atoms with van der Waals surface area (Å²) in [5.74, 6) is -0.247. The molecule has 0 atom stereocenters. The summed E-state index contributed by atoms with van der Waals surface area (Å²) in [5.41, 5.74) is 6.37. The molecule has 5 aromatic rings. The van der Waals surface area contributed by atoms with Crippen LogP contribution < -0.4 is 5.32 Å². The Hall–Kier alpha value is -4.40. The fourth-order valence-electron chi connectivity index (χ4n) is 4.03. The molecule has 0 fully saturated rings. The van der Waals surface area contributed by atoms with Crippen LogP contribution in [0.3, 0.4) is 0 Å². The van der Waals surface area contributed by atoms with Crippen molar-refractivity contribution in [2.75, 3.05) is 0 Å². The minimum absolute atomic E-state index is 0.247. The second kappa shape index (κ2) is 10.9. The van der Waals surface area contributed by atoms with E-state index in [1.807, 2.05) is 25.1 Å². The number of amides is 1. The number of carbonyl (C=O) groups excluding carboxylic acids is 1. The highest BCUT2D eigenvalue weighted by atomic mass is 16.2. The molecule has 0 aliphatic heterocycles. The van der Waals surface area contributed by atoms with Crippen molar-refractivity contribution in [3.63, 3.8) is 0 Å². The van der Waals surface area contributed by atoms with Crippen LogP contribution in [0.15, 0.2) is 67.0 Å². The van der Waals surface area contributed by atoms with Crippen molar-refractivity contribution in [3.8, 4) is 0 Å². The molecule has 0 unspecified atom stereocenters. The van der Waals surface area contributed by atoms with Gasteiger partial charge in [0.25, 0.3) is 5.91 Å². The fraction of sp³-hybridized carbons (Fsp3) is 0.259. The van der Waals surface area contributed by atoms with Gasteiger partial charge in [-0.05, 0) is 55.5 Å². The fourth-order valence-corrected chi connectivity index (χ4v) is 4.03. The Balaban J connectivity index is 1.08. The van der Waals surface area contributed by atoms with Crippen molar-refractivity contribution >= 4 is 16.9 Å². The standard InChI is InChI=1S/C27H28N8O/c1-19-10-11-21(16-28-19)17-29-27(36)25-18-35(34-32-25)12-6-5-9-23-14-22-15-24(30-26(22)33-31-23)13-20-7-3-2-4-8-20/h2-4,7-8,10-11,14-16,18H,5-6,9,12-13,17H2,1H3,(H,29,36)(H,30,33). The number of H-pyrrole nitrogens is 1. The van der Waals surface area contributed by atoms with Crippen LogP contribution in [0.4, 0.5) is 0 Å². The minimum atomic E-state index is -0.247. The van der Waals surface area contributed by atoms with Gasteiger partial charge in [0.05, 0.1) is 11.9 Å². The molecule has 0 radical (unpaired) electrons. The lowest BCUT2D eigenvalue weighted by Crippen LogP contribution is -2.23. The summed E-state index contributed by atoms with van der Waals surface area (Å²) in [6.45, 7) is 3.01. The number of benzene rings is 1. The van der Waals surface area contributed by atoms with Crippen LogP contribution in [-0.4, -0.2) is 41.1 Å². The van der Waals surface area contributed by atoms with Gasteiger partial charge in [-0.25, -0.2) is 0 Å². The summed E-state index contributed by atoms with van der Waals surface area (Å²) in [4.78, 5) is 20.0. The van der Waals surface area contributed by atoms with Crippen LogP contribution in [0.25, 0.3) is 11.0 Å². The molecule has 9 heteroatoms. The van der Waals surface area contributed by atoms with Crippen molar-refractivity contribution < 1.29 is 4.79 Å². The maximum Gasteiger partial charge on any atom is 0.273 e.